The predicted octanol–water partition coefficient (Wildman–Crippen LogP) is 7.32. The third-order valence-electron chi connectivity index (χ3n) is 6.71. The van der Waals surface area contributed by atoms with Gasteiger partial charge in [0.2, 0.25) is 0 Å². The second-order valence-electron chi connectivity index (χ2n) is 9.24. The number of hydrogen-bond donors (Lipinski definition) is 0. The monoisotopic (exact) mass is 439 g/mol. The smallest absolute Gasteiger partial charge is 0.263 e. The Morgan fingerprint density at radius 1 is 0.903 bits per heavy atom. The fourth-order valence-electron chi connectivity index (χ4n) is 5.02. The second-order valence-corrected chi connectivity index (χ2v) is 11.1. The minimum atomic E-state index is -3.70. The van der Waals surface area contributed by atoms with Crippen LogP contribution in [-0.4, -0.2) is 12.7 Å². The minimum Gasteiger partial charge on any atom is -0.263 e. The summed E-state index contributed by atoms with van der Waals surface area (Å²) >= 11 is 0. The van der Waals surface area contributed by atoms with Crippen molar-refractivity contribution >= 4 is 10.0 Å². The van der Waals surface area contributed by atoms with Gasteiger partial charge in [0.05, 0.1) is 10.9 Å². The first-order valence-electron chi connectivity index (χ1n) is 11.6. The van der Waals surface area contributed by atoms with Crippen LogP contribution < -0.4 is 0 Å². The summed E-state index contributed by atoms with van der Waals surface area (Å²) in [7, 11) is -3.70. The lowest BCUT2D eigenvalue weighted by Gasteiger charge is -2.39. The average molecular weight is 440 g/mol. The van der Waals surface area contributed by atoms with Crippen molar-refractivity contribution in [1.29, 1.82) is 0 Å². The summed E-state index contributed by atoms with van der Waals surface area (Å²) < 4.78 is 29.5. The molecule has 0 aromatic heterocycles. The molecule has 31 heavy (non-hydrogen) atoms. The third kappa shape index (κ3) is 4.74. The van der Waals surface area contributed by atoms with Crippen molar-refractivity contribution in [1.82, 2.24) is 4.31 Å². The standard InChI is InChI=1S/C27H37NO2S/c1-6-8-18-27(19-9-7-2)20-23(5)28(26(27)24-14-10-21(3)11-15-24)31(29,30)25-16-12-22(4)13-17-25/h10-17,26H,5-9,18-20H2,1-4H3. The Balaban J connectivity index is 2.17. The second kappa shape index (κ2) is 9.60. The largest absolute Gasteiger partial charge is 0.264 e. The van der Waals surface area contributed by atoms with E-state index in [0.717, 1.165) is 61.8 Å². The van der Waals surface area contributed by atoms with Gasteiger partial charge >= 0.3 is 0 Å². The first-order chi connectivity index (χ1) is 14.7. The zero-order valence-corrected chi connectivity index (χ0v) is 20.3. The molecule has 4 heteroatoms. The normalized spacial score (nSPS) is 18.5. The van der Waals surface area contributed by atoms with Crippen LogP contribution in [0.2, 0.25) is 0 Å². The molecule has 3 nitrogen and oxygen atoms in total. The van der Waals surface area contributed by atoms with Gasteiger partial charge in [0, 0.05) is 11.1 Å². The van der Waals surface area contributed by atoms with E-state index in [1.54, 1.807) is 16.4 Å². The molecular weight excluding hydrogens is 402 g/mol. The topological polar surface area (TPSA) is 37.4 Å². The van der Waals surface area contributed by atoms with Gasteiger partial charge in [0.25, 0.3) is 10.0 Å². The van der Waals surface area contributed by atoms with Crippen LogP contribution in [0.4, 0.5) is 0 Å². The maximum atomic E-state index is 13.9. The van der Waals surface area contributed by atoms with Crippen LogP contribution >= 0.6 is 0 Å². The molecule has 1 heterocycles. The van der Waals surface area contributed by atoms with Crippen molar-refractivity contribution < 1.29 is 8.42 Å². The predicted molar refractivity (Wildman–Crippen MR) is 129 cm³/mol. The van der Waals surface area contributed by atoms with E-state index in [9.17, 15) is 8.42 Å². The molecule has 2 aromatic carbocycles. The van der Waals surface area contributed by atoms with E-state index >= 15 is 0 Å². The Bertz CT molecular complexity index is 983. The Morgan fingerprint density at radius 2 is 1.39 bits per heavy atom. The molecule has 1 aliphatic heterocycles. The lowest BCUT2D eigenvalue weighted by atomic mass is 9.70. The van der Waals surface area contributed by atoms with Gasteiger partial charge in [-0.2, -0.15) is 0 Å². The van der Waals surface area contributed by atoms with Gasteiger partial charge < -0.3 is 0 Å². The van der Waals surface area contributed by atoms with E-state index in [4.69, 9.17) is 0 Å². The molecule has 1 atom stereocenters. The molecule has 3 rings (SSSR count). The number of benzene rings is 2. The maximum Gasteiger partial charge on any atom is 0.264 e. The highest BCUT2D eigenvalue weighted by atomic mass is 32.2. The number of hydrogen-bond acceptors (Lipinski definition) is 2. The highest BCUT2D eigenvalue weighted by Gasteiger charge is 2.52. The van der Waals surface area contributed by atoms with Crippen LogP contribution in [-0.2, 0) is 10.0 Å². The zero-order chi connectivity index (χ0) is 22.6. The zero-order valence-electron chi connectivity index (χ0n) is 19.5. The summed E-state index contributed by atoms with van der Waals surface area (Å²) in [5.74, 6) is 0. The van der Waals surface area contributed by atoms with Gasteiger partial charge in [-0.1, -0.05) is 93.6 Å². The Hall–Kier alpha value is -2.07. The summed E-state index contributed by atoms with van der Waals surface area (Å²) in [5, 5.41) is 0. The van der Waals surface area contributed by atoms with Gasteiger partial charge in [0.1, 0.15) is 0 Å². The van der Waals surface area contributed by atoms with Crippen LogP contribution in [0.25, 0.3) is 0 Å². The van der Waals surface area contributed by atoms with Crippen LogP contribution in [0.15, 0.2) is 65.7 Å². The van der Waals surface area contributed by atoms with Crippen molar-refractivity contribution in [3.63, 3.8) is 0 Å². The van der Waals surface area contributed by atoms with Crippen LogP contribution in [0, 0.1) is 19.3 Å². The number of allylic oxidation sites excluding steroid dienone is 1. The Morgan fingerprint density at radius 3 is 1.87 bits per heavy atom. The molecule has 0 amide bonds. The molecule has 1 unspecified atom stereocenters. The van der Waals surface area contributed by atoms with Gasteiger partial charge in [-0.15, -0.1) is 0 Å². The molecule has 0 bridgehead atoms. The average Bonchev–Trinajstić information content (AvgIpc) is 3.04. The van der Waals surface area contributed by atoms with Crippen LogP contribution in [0.1, 0.15) is 81.5 Å². The summed E-state index contributed by atoms with van der Waals surface area (Å²) in [4.78, 5) is 0.346. The van der Waals surface area contributed by atoms with Crippen molar-refractivity contribution in [2.45, 2.75) is 83.6 Å². The molecular formula is C27H37NO2S. The van der Waals surface area contributed by atoms with E-state index in [2.05, 4.69) is 51.6 Å². The molecule has 0 aliphatic carbocycles. The molecule has 0 radical (unpaired) electrons. The first-order valence-corrected chi connectivity index (χ1v) is 13.0. The van der Waals surface area contributed by atoms with Crippen LogP contribution in [0.5, 0.6) is 0 Å². The molecule has 0 saturated carbocycles. The number of sulfonamides is 1. The molecule has 1 saturated heterocycles. The molecule has 2 aromatic rings. The van der Waals surface area contributed by atoms with Crippen molar-refractivity contribution in [2.75, 3.05) is 0 Å². The highest BCUT2D eigenvalue weighted by Crippen LogP contribution is 2.58. The Kier molecular flexibility index (Phi) is 7.31. The molecule has 1 fully saturated rings. The third-order valence-corrected chi connectivity index (χ3v) is 8.56. The Labute approximate surface area is 189 Å². The SMILES string of the molecule is C=C1CC(CCCC)(CCCC)C(c2ccc(C)cc2)N1S(=O)(=O)c1ccc(C)cc1. The van der Waals surface area contributed by atoms with Gasteiger partial charge in [-0.3, -0.25) is 4.31 Å². The van der Waals surface area contributed by atoms with Gasteiger partial charge in [-0.05, 0) is 50.8 Å². The molecule has 1 aliphatic rings. The highest BCUT2D eigenvalue weighted by molar-refractivity contribution is 7.89. The molecule has 0 N–H and O–H groups in total. The van der Waals surface area contributed by atoms with E-state index < -0.39 is 10.0 Å². The van der Waals surface area contributed by atoms with E-state index in [-0.39, 0.29) is 11.5 Å². The summed E-state index contributed by atoms with van der Waals surface area (Å²) in [6.07, 6.45) is 7.16. The molecule has 0 spiro atoms. The minimum absolute atomic E-state index is 0.115. The lowest BCUT2D eigenvalue weighted by Crippen LogP contribution is -2.36. The summed E-state index contributed by atoms with van der Waals surface area (Å²) in [5.41, 5.74) is 3.91. The van der Waals surface area contributed by atoms with E-state index in [0.29, 0.717) is 4.90 Å². The maximum absolute atomic E-state index is 13.9. The van der Waals surface area contributed by atoms with Crippen molar-refractivity contribution in [2.24, 2.45) is 5.41 Å². The fourth-order valence-corrected chi connectivity index (χ4v) is 6.75. The lowest BCUT2D eigenvalue weighted by molar-refractivity contribution is 0.167. The fraction of sp³-hybridized carbons (Fsp3) is 0.481. The molecule has 168 valence electrons. The quantitative estimate of drug-likeness (QED) is 0.410. The van der Waals surface area contributed by atoms with Crippen LogP contribution in [0.3, 0.4) is 0 Å². The first kappa shape index (κ1) is 23.6. The number of nitrogens with zero attached hydrogens (tertiary/aromatic N) is 1. The van der Waals surface area contributed by atoms with E-state index in [1.807, 2.05) is 19.1 Å². The summed E-state index contributed by atoms with van der Waals surface area (Å²) in [6, 6.07) is 15.4. The van der Waals surface area contributed by atoms with Crippen molar-refractivity contribution in [3.8, 4) is 0 Å². The van der Waals surface area contributed by atoms with Gasteiger partial charge in [-0.25, -0.2) is 8.42 Å². The number of unbranched alkanes of at least 4 members (excludes halogenated alkanes) is 2. The van der Waals surface area contributed by atoms with E-state index in [1.165, 1.54) is 5.56 Å². The van der Waals surface area contributed by atoms with Crippen molar-refractivity contribution in [3.05, 3.63) is 77.5 Å². The number of rotatable bonds is 9. The number of aryl methyl sites for hydroxylation is 2. The summed E-state index contributed by atoms with van der Waals surface area (Å²) in [6.45, 7) is 12.8. The van der Waals surface area contributed by atoms with Gasteiger partial charge in [0.15, 0.2) is 0 Å².